The van der Waals surface area contributed by atoms with Crippen LogP contribution in [0.1, 0.15) is 47.5 Å². The number of rotatable bonds is 12. The first-order valence-electron chi connectivity index (χ1n) is 11.6. The van der Waals surface area contributed by atoms with Crippen LogP contribution in [0, 0.1) is 10.8 Å². The van der Waals surface area contributed by atoms with Crippen LogP contribution in [-0.4, -0.2) is 77.2 Å². The van der Waals surface area contributed by atoms with E-state index in [0.717, 1.165) is 0 Å². The molecular formula is C25H40O10. The highest BCUT2D eigenvalue weighted by Crippen LogP contribution is 2.43. The zero-order valence-corrected chi connectivity index (χ0v) is 21.9. The standard InChI is InChI=1S/C13H22O5.C12H18O5/c1-5-13(11(15)18-6-2)7-12(3,8-17-9-13)10(14)16-4;1-5-16-11(13)9(3)7-15-8-10(4)12(14)17-6-2/h5-9H2,1-4H3;3-8H2,1-2H3. The molecule has 2 atom stereocenters. The SMILES string of the molecule is C=C(COCC(=C)C(=O)OCC)C(=O)OCC.CCOC(=O)C1(CC)COCC(C)(C(=O)OC)C1. The fourth-order valence-corrected chi connectivity index (χ4v) is 3.37. The van der Waals surface area contributed by atoms with Gasteiger partial charge in [-0.25, -0.2) is 9.59 Å². The fraction of sp³-hybridized carbons (Fsp3) is 0.680. The van der Waals surface area contributed by atoms with Gasteiger partial charge in [0, 0.05) is 0 Å². The van der Waals surface area contributed by atoms with Gasteiger partial charge in [-0.15, -0.1) is 0 Å². The first-order chi connectivity index (χ1) is 16.5. The number of methoxy groups -OCH3 is 1. The summed E-state index contributed by atoms with van der Waals surface area (Å²) < 4.78 is 29.9. The summed E-state index contributed by atoms with van der Waals surface area (Å²) in [6, 6.07) is 0. The Hall–Kier alpha value is -2.72. The Morgan fingerprint density at radius 1 is 0.800 bits per heavy atom. The molecular weight excluding hydrogens is 460 g/mol. The second-order valence-electron chi connectivity index (χ2n) is 8.22. The minimum atomic E-state index is -0.782. The molecule has 0 bridgehead atoms. The predicted molar refractivity (Wildman–Crippen MR) is 127 cm³/mol. The van der Waals surface area contributed by atoms with Crippen LogP contribution in [0.3, 0.4) is 0 Å². The van der Waals surface area contributed by atoms with Gasteiger partial charge in [-0.2, -0.15) is 0 Å². The molecule has 1 aliphatic rings. The van der Waals surface area contributed by atoms with Gasteiger partial charge in [0.25, 0.3) is 0 Å². The molecule has 1 fully saturated rings. The van der Waals surface area contributed by atoms with E-state index >= 15 is 0 Å². The van der Waals surface area contributed by atoms with Gasteiger partial charge in [0.2, 0.25) is 0 Å². The molecule has 10 heteroatoms. The van der Waals surface area contributed by atoms with Gasteiger partial charge in [0.05, 0.1) is 75.3 Å². The third-order valence-corrected chi connectivity index (χ3v) is 5.27. The highest BCUT2D eigenvalue weighted by molar-refractivity contribution is 5.88. The lowest BCUT2D eigenvalue weighted by molar-refractivity contribution is -0.183. The Labute approximate surface area is 207 Å². The van der Waals surface area contributed by atoms with Crippen molar-refractivity contribution in [2.75, 3.05) is 53.4 Å². The molecule has 1 saturated heterocycles. The highest BCUT2D eigenvalue weighted by atomic mass is 16.6. The number of ether oxygens (including phenoxy) is 6. The third-order valence-electron chi connectivity index (χ3n) is 5.27. The molecule has 10 nitrogen and oxygen atoms in total. The molecule has 200 valence electrons. The Bertz CT molecular complexity index is 729. The van der Waals surface area contributed by atoms with Crippen LogP contribution >= 0.6 is 0 Å². The minimum Gasteiger partial charge on any atom is -0.469 e. The zero-order valence-electron chi connectivity index (χ0n) is 21.9. The predicted octanol–water partition coefficient (Wildman–Crippen LogP) is 2.79. The van der Waals surface area contributed by atoms with Crippen LogP contribution in [0.25, 0.3) is 0 Å². The average molecular weight is 501 g/mol. The van der Waals surface area contributed by atoms with Gasteiger partial charge in [0.1, 0.15) is 0 Å². The van der Waals surface area contributed by atoms with Gasteiger partial charge >= 0.3 is 23.9 Å². The topological polar surface area (TPSA) is 124 Å². The second kappa shape index (κ2) is 16.0. The van der Waals surface area contributed by atoms with E-state index in [1.165, 1.54) is 7.11 Å². The van der Waals surface area contributed by atoms with E-state index in [4.69, 9.17) is 28.4 Å². The van der Waals surface area contributed by atoms with Crippen LogP contribution in [-0.2, 0) is 47.6 Å². The van der Waals surface area contributed by atoms with E-state index < -0.39 is 22.8 Å². The lowest BCUT2D eigenvalue weighted by atomic mass is 9.69. The van der Waals surface area contributed by atoms with E-state index in [2.05, 4.69) is 13.2 Å². The van der Waals surface area contributed by atoms with Crippen LogP contribution in [0.2, 0.25) is 0 Å². The van der Waals surface area contributed by atoms with E-state index in [1.807, 2.05) is 6.92 Å². The number of esters is 4. The van der Waals surface area contributed by atoms with Crippen molar-refractivity contribution in [3.8, 4) is 0 Å². The molecule has 35 heavy (non-hydrogen) atoms. The fourth-order valence-electron chi connectivity index (χ4n) is 3.37. The third kappa shape index (κ3) is 10.2. The molecule has 0 radical (unpaired) electrons. The van der Waals surface area contributed by atoms with Crippen molar-refractivity contribution < 1.29 is 47.6 Å². The van der Waals surface area contributed by atoms with E-state index in [-0.39, 0.29) is 56.1 Å². The van der Waals surface area contributed by atoms with Crippen molar-refractivity contribution in [3.05, 3.63) is 24.3 Å². The smallest absolute Gasteiger partial charge is 0.335 e. The van der Waals surface area contributed by atoms with Crippen molar-refractivity contribution in [3.63, 3.8) is 0 Å². The molecule has 2 unspecified atom stereocenters. The number of carbonyl (C=O) groups excluding carboxylic acids is 4. The van der Waals surface area contributed by atoms with E-state index in [1.54, 1.807) is 27.7 Å². The monoisotopic (exact) mass is 500 g/mol. The summed E-state index contributed by atoms with van der Waals surface area (Å²) in [6.07, 6.45) is 0.987. The summed E-state index contributed by atoms with van der Waals surface area (Å²) in [4.78, 5) is 46.2. The van der Waals surface area contributed by atoms with Crippen molar-refractivity contribution in [2.45, 2.75) is 47.5 Å². The largest absolute Gasteiger partial charge is 0.469 e. The van der Waals surface area contributed by atoms with Gasteiger partial charge in [0.15, 0.2) is 0 Å². The van der Waals surface area contributed by atoms with Crippen molar-refractivity contribution in [2.24, 2.45) is 10.8 Å². The Kier molecular flexibility index (Phi) is 14.8. The molecule has 1 aliphatic heterocycles. The van der Waals surface area contributed by atoms with E-state index in [0.29, 0.717) is 26.1 Å². The average Bonchev–Trinajstić information content (AvgIpc) is 2.83. The normalized spacial score (nSPS) is 21.0. The Balaban J connectivity index is 0.000000662. The lowest BCUT2D eigenvalue weighted by Gasteiger charge is -2.42. The zero-order chi connectivity index (χ0) is 27.1. The summed E-state index contributed by atoms with van der Waals surface area (Å²) in [7, 11) is 1.35. The van der Waals surface area contributed by atoms with Crippen LogP contribution in [0.15, 0.2) is 24.3 Å². The van der Waals surface area contributed by atoms with Crippen LogP contribution in [0.4, 0.5) is 0 Å². The summed E-state index contributed by atoms with van der Waals surface area (Å²) in [5.74, 6) is -1.64. The molecule has 0 aliphatic carbocycles. The number of carbonyl (C=O) groups is 4. The molecule has 1 rings (SSSR count). The second-order valence-corrected chi connectivity index (χ2v) is 8.22. The van der Waals surface area contributed by atoms with Crippen molar-refractivity contribution in [1.29, 1.82) is 0 Å². The molecule has 0 amide bonds. The van der Waals surface area contributed by atoms with Gasteiger partial charge in [-0.3, -0.25) is 9.59 Å². The number of hydrogen-bond acceptors (Lipinski definition) is 10. The lowest BCUT2D eigenvalue weighted by Crippen LogP contribution is -2.50. The summed E-state index contributed by atoms with van der Waals surface area (Å²) in [6.45, 7) is 17.3. The maximum Gasteiger partial charge on any atom is 0.335 e. The number of hydrogen-bond donors (Lipinski definition) is 0. The van der Waals surface area contributed by atoms with Crippen molar-refractivity contribution >= 4 is 23.9 Å². The maximum absolute atomic E-state index is 12.1. The highest BCUT2D eigenvalue weighted by Gasteiger charge is 2.51. The maximum atomic E-state index is 12.1. The molecule has 0 N–H and O–H groups in total. The van der Waals surface area contributed by atoms with Crippen molar-refractivity contribution in [1.82, 2.24) is 0 Å². The Morgan fingerprint density at radius 3 is 1.69 bits per heavy atom. The molecule has 0 aromatic carbocycles. The molecule has 0 aromatic heterocycles. The first kappa shape index (κ1) is 32.3. The quantitative estimate of drug-likeness (QED) is 0.224. The van der Waals surface area contributed by atoms with Gasteiger partial charge < -0.3 is 28.4 Å². The Morgan fingerprint density at radius 2 is 1.29 bits per heavy atom. The minimum absolute atomic E-state index is 0.00272. The molecule has 1 heterocycles. The summed E-state index contributed by atoms with van der Waals surface area (Å²) >= 11 is 0. The van der Waals surface area contributed by atoms with E-state index in [9.17, 15) is 19.2 Å². The van der Waals surface area contributed by atoms with Gasteiger partial charge in [-0.1, -0.05) is 20.1 Å². The first-order valence-corrected chi connectivity index (χ1v) is 11.6. The molecule has 0 spiro atoms. The van der Waals surface area contributed by atoms with Crippen LogP contribution in [0.5, 0.6) is 0 Å². The molecule has 0 saturated carbocycles. The summed E-state index contributed by atoms with van der Waals surface area (Å²) in [5, 5.41) is 0. The summed E-state index contributed by atoms with van der Waals surface area (Å²) in [5.41, 5.74) is -1.13. The van der Waals surface area contributed by atoms with Gasteiger partial charge in [-0.05, 0) is 40.5 Å². The molecule has 0 aromatic rings. The van der Waals surface area contributed by atoms with Crippen LogP contribution < -0.4 is 0 Å².